The summed E-state index contributed by atoms with van der Waals surface area (Å²) in [4.78, 5) is 16.3. The number of hydrogen-bond acceptors (Lipinski definition) is 6. The molecule has 1 aromatic carbocycles. The molecule has 2 bridgehead atoms. The van der Waals surface area contributed by atoms with Gasteiger partial charge in [0.05, 0.1) is 5.69 Å². The monoisotopic (exact) mass is 415 g/mol. The van der Waals surface area contributed by atoms with Gasteiger partial charge in [0.2, 0.25) is 5.95 Å². The summed E-state index contributed by atoms with van der Waals surface area (Å²) in [5.74, 6) is 1.38. The fourth-order valence-corrected chi connectivity index (χ4v) is 4.58. The lowest BCUT2D eigenvalue weighted by Gasteiger charge is -2.29. The molecule has 0 radical (unpaired) electrons. The molecule has 2 aliphatic rings. The van der Waals surface area contributed by atoms with Gasteiger partial charge in [0.15, 0.2) is 0 Å². The van der Waals surface area contributed by atoms with Crippen LogP contribution in [0.2, 0.25) is 0 Å². The number of pyridine rings is 1. The van der Waals surface area contributed by atoms with Gasteiger partial charge in [-0.15, -0.1) is 0 Å². The number of nitrogens with zero attached hydrogens (tertiary/aromatic N) is 5. The Kier molecular flexibility index (Phi) is 4.31. The van der Waals surface area contributed by atoms with Gasteiger partial charge in [0.1, 0.15) is 17.3 Å². The number of benzene rings is 1. The lowest BCUT2D eigenvalue weighted by atomic mass is 10.1. The summed E-state index contributed by atoms with van der Waals surface area (Å²) in [6, 6.07) is 13.6. The molecule has 4 aromatic rings. The minimum absolute atomic E-state index is 0.225. The molecule has 6 rings (SSSR count). The summed E-state index contributed by atoms with van der Waals surface area (Å²) in [6.07, 6.45) is 6.68. The van der Waals surface area contributed by atoms with Crippen molar-refractivity contribution in [1.82, 2.24) is 24.7 Å². The normalized spacial score (nSPS) is 20.0. The third kappa shape index (κ3) is 3.29. The number of hydrogen-bond donors (Lipinski definition) is 2. The van der Waals surface area contributed by atoms with Crippen molar-refractivity contribution in [3.05, 3.63) is 72.4 Å². The van der Waals surface area contributed by atoms with Crippen molar-refractivity contribution in [1.29, 1.82) is 0 Å². The van der Waals surface area contributed by atoms with Crippen LogP contribution in [-0.4, -0.2) is 44.5 Å². The van der Waals surface area contributed by atoms with E-state index in [1.165, 1.54) is 6.07 Å². The van der Waals surface area contributed by atoms with E-state index in [0.717, 1.165) is 42.4 Å². The highest BCUT2D eigenvalue weighted by atomic mass is 19.1. The Morgan fingerprint density at radius 1 is 1.13 bits per heavy atom. The lowest BCUT2D eigenvalue weighted by molar-refractivity contribution is 0.570. The highest BCUT2D eigenvalue weighted by Crippen LogP contribution is 2.31. The number of piperazine rings is 1. The topological polar surface area (TPSA) is 70.4 Å². The third-order valence-corrected chi connectivity index (χ3v) is 6.16. The lowest BCUT2D eigenvalue weighted by Crippen LogP contribution is -2.44. The smallest absolute Gasteiger partial charge is 0.212 e. The van der Waals surface area contributed by atoms with Crippen molar-refractivity contribution >= 4 is 17.4 Å². The van der Waals surface area contributed by atoms with Crippen molar-refractivity contribution in [2.24, 2.45) is 0 Å². The van der Waals surface area contributed by atoms with E-state index < -0.39 is 0 Å². The number of imidazole rings is 1. The van der Waals surface area contributed by atoms with Gasteiger partial charge >= 0.3 is 0 Å². The third-order valence-electron chi connectivity index (χ3n) is 6.16. The number of aromatic nitrogens is 4. The van der Waals surface area contributed by atoms with Gasteiger partial charge in [0.25, 0.3) is 0 Å². The average Bonchev–Trinajstić information content (AvgIpc) is 3.55. The van der Waals surface area contributed by atoms with Crippen LogP contribution < -0.4 is 15.5 Å². The standard InChI is InChI=1S/C23H22FN7/c24-19-4-2-1-3-16(19)12-28-21-9-15(5-6-25-21)20-11-22-26-7-8-30(22)23(29-20)31-14-17-10-18(31)13-27-17/h1-9,11,17-18,27H,10,12-14H2,(H,25,28)/t17-,18-/m0/s1. The van der Waals surface area contributed by atoms with Crippen molar-refractivity contribution in [2.45, 2.75) is 25.0 Å². The number of nitrogens with one attached hydrogen (secondary N) is 2. The van der Waals surface area contributed by atoms with Crippen LogP contribution in [0.25, 0.3) is 16.9 Å². The van der Waals surface area contributed by atoms with E-state index in [1.54, 1.807) is 18.3 Å². The largest absolute Gasteiger partial charge is 0.366 e. The van der Waals surface area contributed by atoms with Crippen LogP contribution in [-0.2, 0) is 6.54 Å². The maximum absolute atomic E-state index is 13.9. The summed E-state index contributed by atoms with van der Waals surface area (Å²) in [7, 11) is 0. The number of rotatable bonds is 5. The molecule has 156 valence electrons. The molecule has 0 amide bonds. The van der Waals surface area contributed by atoms with Crippen molar-refractivity contribution in [2.75, 3.05) is 23.3 Å². The van der Waals surface area contributed by atoms with Crippen LogP contribution in [0.1, 0.15) is 12.0 Å². The summed E-state index contributed by atoms with van der Waals surface area (Å²) in [5.41, 5.74) is 3.26. The van der Waals surface area contributed by atoms with Crippen molar-refractivity contribution < 1.29 is 4.39 Å². The van der Waals surface area contributed by atoms with Gasteiger partial charge in [-0.1, -0.05) is 18.2 Å². The molecule has 2 aliphatic heterocycles. The molecule has 0 unspecified atom stereocenters. The number of halogens is 1. The van der Waals surface area contributed by atoms with Crippen molar-refractivity contribution in [3.63, 3.8) is 0 Å². The molecule has 2 saturated heterocycles. The van der Waals surface area contributed by atoms with Crippen LogP contribution >= 0.6 is 0 Å². The second-order valence-electron chi connectivity index (χ2n) is 8.12. The Bertz CT molecular complexity index is 1250. The van der Waals surface area contributed by atoms with E-state index in [2.05, 4.69) is 29.9 Å². The molecular weight excluding hydrogens is 393 g/mol. The molecule has 2 atom stereocenters. The van der Waals surface area contributed by atoms with Gasteiger partial charge in [-0.25, -0.2) is 19.3 Å². The van der Waals surface area contributed by atoms with Crippen LogP contribution in [0.3, 0.4) is 0 Å². The molecular formula is C23H22FN7. The molecule has 8 heteroatoms. The Balaban J connectivity index is 1.32. The Hall–Kier alpha value is -3.52. The molecule has 2 N–H and O–H groups in total. The summed E-state index contributed by atoms with van der Waals surface area (Å²) < 4.78 is 16.0. The van der Waals surface area contributed by atoms with Crippen LogP contribution in [0.15, 0.2) is 61.1 Å². The molecule has 2 fully saturated rings. The zero-order valence-corrected chi connectivity index (χ0v) is 16.9. The average molecular weight is 415 g/mol. The van der Waals surface area contributed by atoms with Crippen molar-refractivity contribution in [3.8, 4) is 11.3 Å². The first-order valence-electron chi connectivity index (χ1n) is 10.5. The van der Waals surface area contributed by atoms with Crippen LogP contribution in [0, 0.1) is 5.82 Å². The van der Waals surface area contributed by atoms with Gasteiger partial charge < -0.3 is 15.5 Å². The Labute approximate surface area is 179 Å². The summed E-state index contributed by atoms with van der Waals surface area (Å²) in [5, 5.41) is 6.76. The highest BCUT2D eigenvalue weighted by molar-refractivity contribution is 5.68. The quantitative estimate of drug-likeness (QED) is 0.522. The van der Waals surface area contributed by atoms with Crippen LogP contribution in [0.4, 0.5) is 16.2 Å². The van der Waals surface area contributed by atoms with Gasteiger partial charge in [-0.3, -0.25) is 4.40 Å². The first-order valence-corrected chi connectivity index (χ1v) is 10.5. The van der Waals surface area contributed by atoms with E-state index in [-0.39, 0.29) is 5.82 Å². The minimum atomic E-state index is -0.225. The number of fused-ring (bicyclic) bond motifs is 3. The molecule has 3 aromatic heterocycles. The molecule has 5 heterocycles. The first kappa shape index (κ1) is 18.3. The summed E-state index contributed by atoms with van der Waals surface area (Å²) in [6.45, 7) is 2.32. The maximum atomic E-state index is 13.9. The Morgan fingerprint density at radius 2 is 2.06 bits per heavy atom. The fourth-order valence-electron chi connectivity index (χ4n) is 4.58. The second kappa shape index (κ2) is 7.31. The maximum Gasteiger partial charge on any atom is 0.212 e. The molecule has 7 nitrogen and oxygen atoms in total. The number of anilines is 2. The molecule has 0 spiro atoms. The van der Waals surface area contributed by atoms with Gasteiger partial charge in [0, 0.05) is 67.5 Å². The zero-order chi connectivity index (χ0) is 20.8. The minimum Gasteiger partial charge on any atom is -0.366 e. The molecule has 0 aliphatic carbocycles. The van der Waals surface area contributed by atoms with E-state index in [0.29, 0.717) is 30.0 Å². The van der Waals surface area contributed by atoms with E-state index in [9.17, 15) is 4.39 Å². The second-order valence-corrected chi connectivity index (χ2v) is 8.12. The first-order chi connectivity index (χ1) is 15.2. The van der Waals surface area contributed by atoms with E-state index in [1.807, 2.05) is 36.7 Å². The fraction of sp³-hybridized carbons (Fsp3) is 0.261. The van der Waals surface area contributed by atoms with Gasteiger partial charge in [-0.2, -0.15) is 0 Å². The predicted molar refractivity (Wildman–Crippen MR) is 117 cm³/mol. The predicted octanol–water partition coefficient (Wildman–Crippen LogP) is 3.09. The van der Waals surface area contributed by atoms with E-state index >= 15 is 0 Å². The van der Waals surface area contributed by atoms with Gasteiger partial charge in [-0.05, 0) is 24.6 Å². The molecule has 31 heavy (non-hydrogen) atoms. The summed E-state index contributed by atoms with van der Waals surface area (Å²) >= 11 is 0. The zero-order valence-electron chi connectivity index (χ0n) is 16.9. The highest BCUT2D eigenvalue weighted by Gasteiger charge is 2.39. The van der Waals surface area contributed by atoms with E-state index in [4.69, 9.17) is 4.98 Å². The molecule has 0 saturated carbocycles. The van der Waals surface area contributed by atoms with Crippen LogP contribution in [0.5, 0.6) is 0 Å². The Morgan fingerprint density at radius 3 is 2.90 bits per heavy atom. The SMILES string of the molecule is Fc1ccccc1CNc1cc(-c2cc3nccn3c(N3C[C@@H]4C[C@H]3CN4)n2)ccn1.